The number of thioether (sulfide) groups is 1. The molecule has 0 saturated carbocycles. The van der Waals surface area contributed by atoms with Gasteiger partial charge in [-0.15, -0.1) is 11.8 Å². The SMILES string of the molecule is CC(C)(CC(=O)O)NC(=O)CSc1ccc(Cl)cc1. The van der Waals surface area contributed by atoms with Gasteiger partial charge in [0.2, 0.25) is 5.91 Å². The van der Waals surface area contributed by atoms with Gasteiger partial charge in [0.25, 0.3) is 0 Å². The van der Waals surface area contributed by atoms with E-state index in [4.69, 9.17) is 16.7 Å². The molecule has 104 valence electrons. The van der Waals surface area contributed by atoms with E-state index in [9.17, 15) is 9.59 Å². The maximum Gasteiger partial charge on any atom is 0.305 e. The first-order chi connectivity index (χ1) is 8.78. The Kier molecular flexibility index (Phi) is 5.69. The van der Waals surface area contributed by atoms with Gasteiger partial charge in [-0.3, -0.25) is 9.59 Å². The molecule has 0 heterocycles. The molecule has 0 spiro atoms. The summed E-state index contributed by atoms with van der Waals surface area (Å²) >= 11 is 7.14. The molecule has 1 aromatic rings. The third-order valence-corrected chi connectivity index (χ3v) is 3.52. The first-order valence-electron chi connectivity index (χ1n) is 5.70. The molecular formula is C13H16ClNO3S. The molecule has 1 rings (SSSR count). The highest BCUT2D eigenvalue weighted by Crippen LogP contribution is 2.20. The average molecular weight is 302 g/mol. The van der Waals surface area contributed by atoms with Crippen molar-refractivity contribution in [3.63, 3.8) is 0 Å². The van der Waals surface area contributed by atoms with E-state index in [1.807, 2.05) is 12.1 Å². The Bertz CT molecular complexity index is 459. The topological polar surface area (TPSA) is 66.4 Å². The van der Waals surface area contributed by atoms with Crippen LogP contribution in [-0.2, 0) is 9.59 Å². The summed E-state index contributed by atoms with van der Waals surface area (Å²) in [6.45, 7) is 3.37. The first kappa shape index (κ1) is 15.9. The zero-order valence-electron chi connectivity index (χ0n) is 10.8. The number of hydrogen-bond donors (Lipinski definition) is 2. The van der Waals surface area contributed by atoms with Gasteiger partial charge >= 0.3 is 5.97 Å². The normalized spacial score (nSPS) is 11.1. The lowest BCUT2D eigenvalue weighted by Crippen LogP contribution is -2.45. The molecule has 0 aliphatic carbocycles. The highest BCUT2D eigenvalue weighted by Gasteiger charge is 2.23. The predicted molar refractivity (Wildman–Crippen MR) is 76.7 cm³/mol. The molecule has 0 aliphatic rings. The Hall–Kier alpha value is -1.20. The molecule has 0 aromatic heterocycles. The quantitative estimate of drug-likeness (QED) is 0.793. The maximum atomic E-state index is 11.7. The number of aliphatic carboxylic acids is 1. The van der Waals surface area contributed by atoms with Crippen LogP contribution < -0.4 is 5.32 Å². The maximum absolute atomic E-state index is 11.7. The fourth-order valence-electron chi connectivity index (χ4n) is 1.52. The molecule has 19 heavy (non-hydrogen) atoms. The Balaban J connectivity index is 2.43. The van der Waals surface area contributed by atoms with Gasteiger partial charge in [-0.05, 0) is 38.1 Å². The number of rotatable bonds is 6. The second-order valence-electron chi connectivity index (χ2n) is 4.75. The van der Waals surface area contributed by atoms with E-state index < -0.39 is 11.5 Å². The lowest BCUT2D eigenvalue weighted by atomic mass is 10.0. The molecule has 1 amide bonds. The Morgan fingerprint density at radius 2 is 1.89 bits per heavy atom. The standard InChI is InChI=1S/C13H16ClNO3S/c1-13(2,7-12(17)18)15-11(16)8-19-10-5-3-9(14)4-6-10/h3-6H,7-8H2,1-2H3,(H,15,16)(H,17,18). The van der Waals surface area contributed by atoms with Gasteiger partial charge < -0.3 is 10.4 Å². The first-order valence-corrected chi connectivity index (χ1v) is 7.06. The second-order valence-corrected chi connectivity index (χ2v) is 6.23. The number of benzene rings is 1. The van der Waals surface area contributed by atoms with Crippen LogP contribution in [0.1, 0.15) is 20.3 Å². The van der Waals surface area contributed by atoms with Gasteiger partial charge in [-0.2, -0.15) is 0 Å². The van der Waals surface area contributed by atoms with Crippen LogP contribution in [0.2, 0.25) is 5.02 Å². The zero-order chi connectivity index (χ0) is 14.5. The molecule has 2 N–H and O–H groups in total. The van der Waals surface area contributed by atoms with Crippen molar-refractivity contribution >= 4 is 35.2 Å². The summed E-state index contributed by atoms with van der Waals surface area (Å²) in [5, 5.41) is 12.1. The number of carbonyl (C=O) groups is 2. The van der Waals surface area contributed by atoms with Gasteiger partial charge in [0.1, 0.15) is 0 Å². The Morgan fingerprint density at radius 3 is 2.42 bits per heavy atom. The van der Waals surface area contributed by atoms with Crippen molar-refractivity contribution in [3.8, 4) is 0 Å². The van der Waals surface area contributed by atoms with E-state index in [0.717, 1.165) is 4.90 Å². The van der Waals surface area contributed by atoms with Crippen molar-refractivity contribution < 1.29 is 14.7 Å². The van der Waals surface area contributed by atoms with Gasteiger partial charge in [0.05, 0.1) is 12.2 Å². The smallest absolute Gasteiger partial charge is 0.305 e. The zero-order valence-corrected chi connectivity index (χ0v) is 12.3. The van der Waals surface area contributed by atoms with Gasteiger partial charge in [0.15, 0.2) is 0 Å². The largest absolute Gasteiger partial charge is 0.481 e. The van der Waals surface area contributed by atoms with Crippen LogP contribution in [0.25, 0.3) is 0 Å². The number of nitrogens with one attached hydrogen (secondary N) is 1. The van der Waals surface area contributed by atoms with E-state index >= 15 is 0 Å². The molecule has 1 aromatic carbocycles. The molecular weight excluding hydrogens is 286 g/mol. The molecule has 4 nitrogen and oxygen atoms in total. The summed E-state index contributed by atoms with van der Waals surface area (Å²) in [5.41, 5.74) is -0.747. The van der Waals surface area contributed by atoms with Crippen LogP contribution in [0.4, 0.5) is 0 Å². The van der Waals surface area contributed by atoms with E-state index in [-0.39, 0.29) is 18.1 Å². The summed E-state index contributed by atoms with van der Waals surface area (Å²) in [7, 11) is 0. The van der Waals surface area contributed by atoms with Crippen LogP contribution in [0, 0.1) is 0 Å². The van der Waals surface area contributed by atoms with Crippen molar-refractivity contribution in [1.82, 2.24) is 5.32 Å². The molecule has 0 radical (unpaired) electrons. The van der Waals surface area contributed by atoms with Crippen molar-refractivity contribution in [1.29, 1.82) is 0 Å². The van der Waals surface area contributed by atoms with Crippen molar-refractivity contribution in [2.75, 3.05) is 5.75 Å². The van der Waals surface area contributed by atoms with Crippen LogP contribution in [0.5, 0.6) is 0 Å². The van der Waals surface area contributed by atoms with Crippen LogP contribution in [0.15, 0.2) is 29.2 Å². The third-order valence-electron chi connectivity index (χ3n) is 2.25. The molecule has 0 bridgehead atoms. The third kappa shape index (κ3) is 6.50. The fraction of sp³-hybridized carbons (Fsp3) is 0.385. The van der Waals surface area contributed by atoms with Crippen LogP contribution >= 0.6 is 23.4 Å². The minimum Gasteiger partial charge on any atom is -0.481 e. The minimum atomic E-state index is -0.935. The summed E-state index contributed by atoms with van der Waals surface area (Å²) < 4.78 is 0. The summed E-state index contributed by atoms with van der Waals surface area (Å²) in [6, 6.07) is 7.19. The molecule has 0 fully saturated rings. The van der Waals surface area contributed by atoms with E-state index in [1.54, 1.807) is 26.0 Å². The van der Waals surface area contributed by atoms with Gasteiger partial charge in [-0.25, -0.2) is 0 Å². The summed E-state index contributed by atoms with van der Waals surface area (Å²) in [6.07, 6.45) is -0.107. The van der Waals surface area contributed by atoms with Gasteiger partial charge in [-0.1, -0.05) is 11.6 Å². The molecule has 0 unspecified atom stereocenters. The van der Waals surface area contributed by atoms with E-state index in [1.165, 1.54) is 11.8 Å². The summed E-state index contributed by atoms with van der Waals surface area (Å²) in [5.74, 6) is -0.883. The highest BCUT2D eigenvalue weighted by atomic mass is 35.5. The van der Waals surface area contributed by atoms with Gasteiger partial charge in [0, 0.05) is 15.5 Å². The van der Waals surface area contributed by atoms with Crippen molar-refractivity contribution in [2.45, 2.75) is 30.7 Å². The monoisotopic (exact) mass is 301 g/mol. The summed E-state index contributed by atoms with van der Waals surface area (Å²) in [4.78, 5) is 23.3. The number of amides is 1. The second kappa shape index (κ2) is 6.82. The molecule has 0 atom stereocenters. The Morgan fingerprint density at radius 1 is 1.32 bits per heavy atom. The minimum absolute atomic E-state index is 0.107. The lowest BCUT2D eigenvalue weighted by molar-refractivity contribution is -0.138. The van der Waals surface area contributed by atoms with Crippen LogP contribution in [-0.4, -0.2) is 28.3 Å². The van der Waals surface area contributed by atoms with E-state index in [0.29, 0.717) is 5.02 Å². The molecule has 6 heteroatoms. The van der Waals surface area contributed by atoms with Crippen LogP contribution in [0.3, 0.4) is 0 Å². The predicted octanol–water partition coefficient (Wildman–Crippen LogP) is 2.80. The Labute approximate surface area is 121 Å². The number of carboxylic acid groups (broad SMARTS) is 1. The van der Waals surface area contributed by atoms with Crippen molar-refractivity contribution in [2.24, 2.45) is 0 Å². The average Bonchev–Trinajstić information content (AvgIpc) is 2.25. The van der Waals surface area contributed by atoms with E-state index in [2.05, 4.69) is 5.32 Å². The number of carboxylic acids is 1. The highest BCUT2D eigenvalue weighted by molar-refractivity contribution is 8.00. The number of carbonyl (C=O) groups excluding carboxylic acids is 1. The fourth-order valence-corrected chi connectivity index (χ4v) is 2.34. The number of hydrogen-bond acceptors (Lipinski definition) is 3. The number of halogens is 1. The molecule has 0 aliphatic heterocycles. The lowest BCUT2D eigenvalue weighted by Gasteiger charge is -2.24. The van der Waals surface area contributed by atoms with Crippen molar-refractivity contribution in [3.05, 3.63) is 29.3 Å². The molecule has 0 saturated heterocycles.